The van der Waals surface area contributed by atoms with Crippen LogP contribution in [0.25, 0.3) is 10.4 Å². The summed E-state index contributed by atoms with van der Waals surface area (Å²) in [5.41, 5.74) is 9.07. The normalized spacial score (nSPS) is 16.8. The predicted octanol–water partition coefficient (Wildman–Crippen LogP) is 4.39. The van der Waals surface area contributed by atoms with Crippen molar-refractivity contribution in [2.24, 2.45) is 11.7 Å². The zero-order chi connectivity index (χ0) is 12.5. The van der Waals surface area contributed by atoms with Crippen LogP contribution in [0.1, 0.15) is 36.2 Å². The van der Waals surface area contributed by atoms with Gasteiger partial charge in [-0.2, -0.15) is 0 Å². The summed E-state index contributed by atoms with van der Waals surface area (Å²) in [5.74, 6) is 0.734. The van der Waals surface area contributed by atoms with Crippen molar-refractivity contribution < 1.29 is 0 Å². The van der Waals surface area contributed by atoms with Gasteiger partial charge in [0.15, 0.2) is 0 Å². The molecule has 0 aliphatic heterocycles. The van der Waals surface area contributed by atoms with E-state index in [4.69, 9.17) is 5.73 Å². The van der Waals surface area contributed by atoms with Gasteiger partial charge in [-0.3, -0.25) is 0 Å². The van der Waals surface area contributed by atoms with Gasteiger partial charge in [-0.1, -0.05) is 31.2 Å². The number of nitrogens with two attached hydrogens (primary N) is 1. The summed E-state index contributed by atoms with van der Waals surface area (Å²) in [6.45, 7) is 2.21. The number of benzene rings is 1. The second-order valence-corrected chi connectivity index (χ2v) is 6.19. The van der Waals surface area contributed by atoms with E-state index in [9.17, 15) is 0 Å². The van der Waals surface area contributed by atoms with Gasteiger partial charge in [0.05, 0.1) is 0 Å². The molecule has 0 spiro atoms. The molecule has 1 saturated carbocycles. The highest BCUT2D eigenvalue weighted by Crippen LogP contribution is 2.43. The van der Waals surface area contributed by atoms with E-state index in [-0.39, 0.29) is 6.04 Å². The smallest absolute Gasteiger partial charge is 0.0418 e. The highest BCUT2D eigenvalue weighted by molar-refractivity contribution is 7.15. The standard InChI is InChI=1S/C16H19NS/c1-2-11-5-3-4-6-13(11)14-9-10-15(18-14)16(17)12-7-8-12/h3-6,9-10,12,16H,2,7-8,17H2,1H3. The van der Waals surface area contributed by atoms with Crippen LogP contribution >= 0.6 is 11.3 Å². The number of rotatable bonds is 4. The lowest BCUT2D eigenvalue weighted by Crippen LogP contribution is -2.10. The van der Waals surface area contributed by atoms with Crippen LogP contribution in [0.4, 0.5) is 0 Å². The Kier molecular flexibility index (Phi) is 3.23. The van der Waals surface area contributed by atoms with Gasteiger partial charge in [-0.25, -0.2) is 0 Å². The summed E-state index contributed by atoms with van der Waals surface area (Å²) in [4.78, 5) is 2.71. The van der Waals surface area contributed by atoms with E-state index in [2.05, 4.69) is 43.3 Å². The maximum Gasteiger partial charge on any atom is 0.0418 e. The molecule has 1 atom stereocenters. The molecule has 3 rings (SSSR count). The molecule has 2 heteroatoms. The van der Waals surface area contributed by atoms with Crippen molar-refractivity contribution in [1.82, 2.24) is 0 Å². The number of hydrogen-bond acceptors (Lipinski definition) is 2. The van der Waals surface area contributed by atoms with Crippen LogP contribution in [-0.4, -0.2) is 0 Å². The molecule has 1 unspecified atom stereocenters. The molecule has 1 aromatic carbocycles. The fourth-order valence-corrected chi connectivity index (χ4v) is 3.60. The minimum Gasteiger partial charge on any atom is -0.323 e. The molecular formula is C16H19NS. The van der Waals surface area contributed by atoms with E-state index in [0.717, 1.165) is 12.3 Å². The van der Waals surface area contributed by atoms with Crippen molar-refractivity contribution in [1.29, 1.82) is 0 Å². The van der Waals surface area contributed by atoms with E-state index in [1.54, 1.807) is 0 Å². The second kappa shape index (κ2) is 4.87. The van der Waals surface area contributed by atoms with Gasteiger partial charge >= 0.3 is 0 Å². The summed E-state index contributed by atoms with van der Waals surface area (Å²) < 4.78 is 0. The Bertz CT molecular complexity index is 540. The van der Waals surface area contributed by atoms with Crippen molar-refractivity contribution in [3.63, 3.8) is 0 Å². The molecule has 1 aliphatic rings. The van der Waals surface area contributed by atoms with Crippen molar-refractivity contribution in [2.75, 3.05) is 0 Å². The van der Waals surface area contributed by atoms with Gasteiger partial charge in [0.25, 0.3) is 0 Å². The molecule has 2 aromatic rings. The third kappa shape index (κ3) is 2.23. The van der Waals surface area contributed by atoms with E-state index < -0.39 is 0 Å². The van der Waals surface area contributed by atoms with Crippen LogP contribution < -0.4 is 5.73 Å². The first kappa shape index (κ1) is 11.9. The lowest BCUT2D eigenvalue weighted by Gasteiger charge is -2.07. The number of hydrogen-bond donors (Lipinski definition) is 1. The van der Waals surface area contributed by atoms with Crippen molar-refractivity contribution in [3.05, 3.63) is 46.8 Å². The highest BCUT2D eigenvalue weighted by Gasteiger charge is 2.30. The Morgan fingerprint density at radius 3 is 2.72 bits per heavy atom. The molecule has 0 amide bonds. The zero-order valence-electron chi connectivity index (χ0n) is 10.7. The summed E-state index contributed by atoms with van der Waals surface area (Å²) in [5, 5.41) is 0. The summed E-state index contributed by atoms with van der Waals surface area (Å²) >= 11 is 1.87. The quantitative estimate of drug-likeness (QED) is 0.864. The summed E-state index contributed by atoms with van der Waals surface area (Å²) in [6, 6.07) is 13.4. The molecule has 18 heavy (non-hydrogen) atoms. The van der Waals surface area contributed by atoms with Gasteiger partial charge in [0.1, 0.15) is 0 Å². The Balaban J connectivity index is 1.92. The van der Waals surface area contributed by atoms with E-state index >= 15 is 0 Å². The van der Waals surface area contributed by atoms with Crippen LogP contribution in [0.15, 0.2) is 36.4 Å². The topological polar surface area (TPSA) is 26.0 Å². The van der Waals surface area contributed by atoms with Gasteiger partial charge in [-0.15, -0.1) is 11.3 Å². The molecule has 0 bridgehead atoms. The van der Waals surface area contributed by atoms with Crippen LogP contribution in [0.2, 0.25) is 0 Å². The first-order valence-corrected chi connectivity index (χ1v) is 7.55. The molecule has 1 aliphatic carbocycles. The maximum atomic E-state index is 6.27. The minimum atomic E-state index is 0.262. The first-order valence-electron chi connectivity index (χ1n) is 6.73. The van der Waals surface area contributed by atoms with E-state index in [0.29, 0.717) is 0 Å². The molecule has 0 saturated heterocycles. The van der Waals surface area contributed by atoms with Crippen molar-refractivity contribution in [3.8, 4) is 10.4 Å². The molecule has 94 valence electrons. The Morgan fingerprint density at radius 2 is 2.00 bits per heavy atom. The third-order valence-electron chi connectivity index (χ3n) is 3.75. The van der Waals surface area contributed by atoms with Crippen LogP contribution in [0.3, 0.4) is 0 Å². The Hall–Kier alpha value is -1.12. The van der Waals surface area contributed by atoms with Crippen LogP contribution in [-0.2, 0) is 6.42 Å². The zero-order valence-corrected chi connectivity index (χ0v) is 11.5. The largest absolute Gasteiger partial charge is 0.323 e. The Labute approximate surface area is 113 Å². The molecule has 2 N–H and O–H groups in total. The first-order chi connectivity index (χ1) is 8.79. The van der Waals surface area contributed by atoms with Gasteiger partial charge in [-0.05, 0) is 48.4 Å². The summed E-state index contributed by atoms with van der Waals surface area (Å²) in [6.07, 6.45) is 3.69. The number of thiophene rings is 1. The fraction of sp³-hybridized carbons (Fsp3) is 0.375. The minimum absolute atomic E-state index is 0.262. The lowest BCUT2D eigenvalue weighted by molar-refractivity contribution is 0.645. The number of aryl methyl sites for hydroxylation is 1. The van der Waals surface area contributed by atoms with Crippen LogP contribution in [0, 0.1) is 5.92 Å². The van der Waals surface area contributed by atoms with E-state index in [1.165, 1.54) is 33.7 Å². The molecule has 1 fully saturated rings. The van der Waals surface area contributed by atoms with Gasteiger partial charge in [0, 0.05) is 15.8 Å². The fourth-order valence-electron chi connectivity index (χ4n) is 2.43. The molecular weight excluding hydrogens is 238 g/mol. The molecule has 1 aromatic heterocycles. The summed E-state index contributed by atoms with van der Waals surface area (Å²) in [7, 11) is 0. The highest BCUT2D eigenvalue weighted by atomic mass is 32.1. The van der Waals surface area contributed by atoms with Crippen molar-refractivity contribution in [2.45, 2.75) is 32.2 Å². The maximum absolute atomic E-state index is 6.27. The SMILES string of the molecule is CCc1ccccc1-c1ccc(C(N)C2CC2)s1. The van der Waals surface area contributed by atoms with E-state index in [1.807, 2.05) is 11.3 Å². The molecule has 0 radical (unpaired) electrons. The van der Waals surface area contributed by atoms with Crippen LogP contribution in [0.5, 0.6) is 0 Å². The molecule has 1 heterocycles. The third-order valence-corrected chi connectivity index (χ3v) is 4.97. The predicted molar refractivity (Wildman–Crippen MR) is 78.8 cm³/mol. The Morgan fingerprint density at radius 1 is 1.22 bits per heavy atom. The average molecular weight is 257 g/mol. The molecule has 1 nitrogen and oxygen atoms in total. The average Bonchev–Trinajstić information content (AvgIpc) is 3.15. The lowest BCUT2D eigenvalue weighted by atomic mass is 10.0. The monoisotopic (exact) mass is 257 g/mol. The van der Waals surface area contributed by atoms with Gasteiger partial charge < -0.3 is 5.73 Å². The van der Waals surface area contributed by atoms with Gasteiger partial charge in [0.2, 0.25) is 0 Å². The second-order valence-electron chi connectivity index (χ2n) is 5.08. The van der Waals surface area contributed by atoms with Crippen molar-refractivity contribution >= 4 is 11.3 Å².